The number of rotatable bonds is 7. The first-order valence-electron chi connectivity index (χ1n) is 8.85. The second kappa shape index (κ2) is 8.85. The van der Waals surface area contributed by atoms with Crippen LogP contribution in [-0.4, -0.2) is 35.4 Å². The smallest absolute Gasteiger partial charge is 0.343 e. The van der Waals surface area contributed by atoms with E-state index in [9.17, 15) is 9.59 Å². The zero-order chi connectivity index (χ0) is 19.9. The molecule has 0 aliphatic carbocycles. The molecule has 0 spiro atoms. The van der Waals surface area contributed by atoms with Gasteiger partial charge in [-0.1, -0.05) is 25.1 Å². The molecule has 2 aromatic carbocycles. The van der Waals surface area contributed by atoms with E-state index >= 15 is 0 Å². The van der Waals surface area contributed by atoms with Gasteiger partial charge in [0.05, 0.1) is 30.3 Å². The Morgan fingerprint density at radius 1 is 1.07 bits per heavy atom. The zero-order valence-corrected chi connectivity index (χ0v) is 15.7. The number of para-hydroxylation sites is 1. The average molecular weight is 379 g/mol. The van der Waals surface area contributed by atoms with Gasteiger partial charge in [0, 0.05) is 5.69 Å². The minimum absolute atomic E-state index is 0.166. The Morgan fingerprint density at radius 2 is 1.79 bits per heavy atom. The van der Waals surface area contributed by atoms with Gasteiger partial charge in [0.1, 0.15) is 5.75 Å². The molecule has 1 aromatic heterocycles. The molecule has 7 nitrogen and oxygen atoms in total. The molecule has 0 radical (unpaired) electrons. The van der Waals surface area contributed by atoms with Crippen molar-refractivity contribution in [3.63, 3.8) is 0 Å². The van der Waals surface area contributed by atoms with Gasteiger partial charge in [0.15, 0.2) is 6.61 Å². The number of nitrogens with one attached hydrogen (secondary N) is 1. The summed E-state index contributed by atoms with van der Waals surface area (Å²) in [4.78, 5) is 23.8. The van der Waals surface area contributed by atoms with Crippen molar-refractivity contribution in [3.8, 4) is 11.4 Å². The first kappa shape index (κ1) is 19.2. The molecule has 0 fully saturated rings. The number of carbonyl (C=O) groups excluding carboxylic acids is 2. The van der Waals surface area contributed by atoms with Gasteiger partial charge in [0.2, 0.25) is 0 Å². The van der Waals surface area contributed by atoms with E-state index in [-0.39, 0.29) is 12.5 Å². The van der Waals surface area contributed by atoms with Crippen molar-refractivity contribution in [3.05, 3.63) is 72.1 Å². The summed E-state index contributed by atoms with van der Waals surface area (Å²) in [6, 6.07) is 16.4. The van der Waals surface area contributed by atoms with Crippen LogP contribution in [0, 0.1) is 0 Å². The molecule has 144 valence electrons. The number of anilines is 1. The topological polar surface area (TPSA) is 82.4 Å². The monoisotopic (exact) mass is 379 g/mol. The maximum Gasteiger partial charge on any atom is 0.343 e. The van der Waals surface area contributed by atoms with Crippen molar-refractivity contribution in [1.29, 1.82) is 0 Å². The predicted molar refractivity (Wildman–Crippen MR) is 105 cm³/mol. The molecule has 0 bridgehead atoms. The van der Waals surface area contributed by atoms with E-state index in [1.807, 2.05) is 37.3 Å². The molecule has 7 heteroatoms. The number of esters is 1. The highest BCUT2D eigenvalue weighted by molar-refractivity contribution is 6.05. The molecule has 0 unspecified atom stereocenters. The van der Waals surface area contributed by atoms with Gasteiger partial charge in [-0.05, 0) is 42.8 Å². The summed E-state index contributed by atoms with van der Waals surface area (Å²) < 4.78 is 11.6. The molecule has 1 heterocycles. The van der Waals surface area contributed by atoms with E-state index in [0.717, 1.165) is 11.4 Å². The number of methoxy groups -OCH3 is 1. The molecular formula is C21H21N3O4. The largest absolute Gasteiger partial charge is 0.482 e. The van der Waals surface area contributed by atoms with Gasteiger partial charge in [-0.25, -0.2) is 9.48 Å². The second-order valence-electron chi connectivity index (χ2n) is 5.95. The summed E-state index contributed by atoms with van der Waals surface area (Å²) >= 11 is 0. The molecule has 0 saturated heterocycles. The molecule has 1 amide bonds. The number of benzene rings is 2. The normalized spacial score (nSPS) is 10.4. The first-order chi connectivity index (χ1) is 13.6. The summed E-state index contributed by atoms with van der Waals surface area (Å²) in [5.41, 5.74) is 2.88. The molecule has 0 atom stereocenters. The number of ether oxygens (including phenoxy) is 2. The number of hydrogen-bond donors (Lipinski definition) is 1. The summed E-state index contributed by atoms with van der Waals surface area (Å²) in [6.07, 6.45) is 2.24. The maximum absolute atomic E-state index is 12.7. The highest BCUT2D eigenvalue weighted by Gasteiger charge is 2.17. The fourth-order valence-corrected chi connectivity index (χ4v) is 2.73. The first-order valence-corrected chi connectivity index (χ1v) is 8.85. The lowest BCUT2D eigenvalue weighted by atomic mass is 10.2. The van der Waals surface area contributed by atoms with Crippen LogP contribution in [0.25, 0.3) is 5.69 Å². The summed E-state index contributed by atoms with van der Waals surface area (Å²) in [7, 11) is 1.30. The van der Waals surface area contributed by atoms with Crippen LogP contribution >= 0.6 is 0 Å². The van der Waals surface area contributed by atoms with Crippen LogP contribution in [0.4, 0.5) is 5.69 Å². The van der Waals surface area contributed by atoms with E-state index in [4.69, 9.17) is 4.74 Å². The number of nitrogens with zero attached hydrogens (tertiary/aromatic N) is 2. The van der Waals surface area contributed by atoms with Crippen LogP contribution in [0.3, 0.4) is 0 Å². The Hall–Kier alpha value is -3.61. The predicted octanol–water partition coefficient (Wildman–Crippen LogP) is 3.24. The third kappa shape index (κ3) is 4.37. The van der Waals surface area contributed by atoms with E-state index in [1.165, 1.54) is 7.11 Å². The number of carbonyl (C=O) groups is 2. The van der Waals surface area contributed by atoms with Crippen LogP contribution in [0.2, 0.25) is 0 Å². The molecule has 3 rings (SSSR count). The lowest BCUT2D eigenvalue weighted by molar-refractivity contribution is -0.142. The van der Waals surface area contributed by atoms with Gasteiger partial charge in [0.25, 0.3) is 5.91 Å². The van der Waals surface area contributed by atoms with Crippen molar-refractivity contribution in [2.24, 2.45) is 0 Å². The standard InChI is InChI=1S/C21H21N3O4/c1-3-19-18(13-22-24(19)16-7-5-4-6-8-16)21(26)23-15-9-11-17(12-10-15)28-14-20(25)27-2/h4-13H,3,14H2,1-2H3,(H,23,26). The SMILES string of the molecule is CCc1c(C(=O)Nc2ccc(OCC(=O)OC)cc2)cnn1-c1ccccc1. The van der Waals surface area contributed by atoms with Crippen molar-refractivity contribution < 1.29 is 19.1 Å². The minimum Gasteiger partial charge on any atom is -0.482 e. The summed E-state index contributed by atoms with van der Waals surface area (Å²) in [6.45, 7) is 1.82. The van der Waals surface area contributed by atoms with Crippen LogP contribution < -0.4 is 10.1 Å². The lowest BCUT2D eigenvalue weighted by Gasteiger charge is -2.09. The molecular weight excluding hydrogens is 358 g/mol. The van der Waals surface area contributed by atoms with Crippen LogP contribution in [0.15, 0.2) is 60.8 Å². The molecule has 28 heavy (non-hydrogen) atoms. The van der Waals surface area contributed by atoms with Gasteiger partial charge >= 0.3 is 5.97 Å². The number of hydrogen-bond acceptors (Lipinski definition) is 5. The highest BCUT2D eigenvalue weighted by atomic mass is 16.6. The van der Waals surface area contributed by atoms with Crippen molar-refractivity contribution >= 4 is 17.6 Å². The number of aromatic nitrogens is 2. The van der Waals surface area contributed by atoms with Gasteiger partial charge < -0.3 is 14.8 Å². The Bertz CT molecular complexity index is 950. The average Bonchev–Trinajstić information content (AvgIpc) is 3.18. The summed E-state index contributed by atoms with van der Waals surface area (Å²) in [5.74, 6) is -0.184. The molecule has 0 aliphatic heterocycles. The van der Waals surface area contributed by atoms with Gasteiger partial charge in [-0.2, -0.15) is 5.10 Å². The van der Waals surface area contributed by atoms with Crippen LogP contribution in [0.1, 0.15) is 23.0 Å². The van der Waals surface area contributed by atoms with Gasteiger partial charge in [-0.15, -0.1) is 0 Å². The molecule has 0 aliphatic rings. The van der Waals surface area contributed by atoms with Crippen molar-refractivity contribution in [2.45, 2.75) is 13.3 Å². The fourth-order valence-electron chi connectivity index (χ4n) is 2.73. The Labute approximate surface area is 162 Å². The Kier molecular flexibility index (Phi) is 6.06. The third-order valence-electron chi connectivity index (χ3n) is 4.15. The molecule has 1 N–H and O–H groups in total. The fraction of sp³-hybridized carbons (Fsp3) is 0.190. The van der Waals surface area contributed by atoms with E-state index < -0.39 is 5.97 Å². The maximum atomic E-state index is 12.7. The zero-order valence-electron chi connectivity index (χ0n) is 15.7. The highest BCUT2D eigenvalue weighted by Crippen LogP contribution is 2.19. The quantitative estimate of drug-likeness (QED) is 0.637. The van der Waals surface area contributed by atoms with Crippen LogP contribution in [-0.2, 0) is 16.0 Å². The van der Waals surface area contributed by atoms with E-state index in [2.05, 4.69) is 15.2 Å². The van der Waals surface area contributed by atoms with Gasteiger partial charge in [-0.3, -0.25) is 4.79 Å². The van der Waals surface area contributed by atoms with Crippen molar-refractivity contribution in [2.75, 3.05) is 19.0 Å². The molecule has 3 aromatic rings. The van der Waals surface area contributed by atoms with Crippen LogP contribution in [0.5, 0.6) is 5.75 Å². The Balaban J connectivity index is 1.71. The number of amides is 1. The minimum atomic E-state index is -0.458. The van der Waals surface area contributed by atoms with E-state index in [1.54, 1.807) is 35.1 Å². The second-order valence-corrected chi connectivity index (χ2v) is 5.95. The summed E-state index contributed by atoms with van der Waals surface area (Å²) in [5, 5.41) is 7.24. The van der Waals surface area contributed by atoms with E-state index in [0.29, 0.717) is 23.4 Å². The van der Waals surface area contributed by atoms with Crippen molar-refractivity contribution in [1.82, 2.24) is 9.78 Å². The Morgan fingerprint density at radius 3 is 2.43 bits per heavy atom. The lowest BCUT2D eigenvalue weighted by Crippen LogP contribution is -2.14. The molecule has 0 saturated carbocycles. The third-order valence-corrected chi connectivity index (χ3v) is 4.15.